The van der Waals surface area contributed by atoms with Crippen molar-refractivity contribution in [2.24, 2.45) is 0 Å². The van der Waals surface area contributed by atoms with Gasteiger partial charge in [-0.25, -0.2) is 0 Å². The van der Waals surface area contributed by atoms with E-state index < -0.39 is 0 Å². The average Bonchev–Trinajstić information content (AvgIpc) is 2.66. The van der Waals surface area contributed by atoms with Crippen molar-refractivity contribution in [2.45, 2.75) is 30.4 Å². The van der Waals surface area contributed by atoms with Gasteiger partial charge in [0, 0.05) is 17.2 Å². The molecule has 1 fully saturated rings. The van der Waals surface area contributed by atoms with Crippen LogP contribution in [0.2, 0.25) is 0 Å². The third-order valence-electron chi connectivity index (χ3n) is 2.82. The molecule has 2 atom stereocenters. The topological polar surface area (TPSA) is 21.3 Å². The number of rotatable bonds is 3. The molecule has 1 saturated heterocycles. The van der Waals surface area contributed by atoms with Crippen LogP contribution in [0.25, 0.3) is 0 Å². The van der Waals surface area contributed by atoms with Crippen molar-refractivity contribution in [3.05, 3.63) is 24.3 Å². The van der Waals surface area contributed by atoms with E-state index in [1.807, 2.05) is 0 Å². The summed E-state index contributed by atoms with van der Waals surface area (Å²) in [4.78, 5) is 1.30. The lowest BCUT2D eigenvalue weighted by Gasteiger charge is -2.17. The molecule has 15 heavy (non-hydrogen) atoms. The molecule has 3 heteroatoms. The first kappa shape index (κ1) is 10.8. The smallest absolute Gasteiger partial charge is 0.0748 e. The van der Waals surface area contributed by atoms with Crippen molar-refractivity contribution in [3.8, 4) is 0 Å². The van der Waals surface area contributed by atoms with Crippen LogP contribution in [-0.2, 0) is 4.74 Å². The maximum atomic E-state index is 5.52. The predicted molar refractivity (Wildman–Crippen MR) is 65.7 cm³/mol. The van der Waals surface area contributed by atoms with Gasteiger partial charge in [-0.3, -0.25) is 0 Å². The van der Waals surface area contributed by atoms with E-state index in [0.29, 0.717) is 12.1 Å². The molecule has 0 radical (unpaired) electrons. The van der Waals surface area contributed by atoms with Crippen molar-refractivity contribution in [1.29, 1.82) is 0 Å². The fourth-order valence-electron chi connectivity index (χ4n) is 1.82. The third kappa shape index (κ3) is 2.67. The van der Waals surface area contributed by atoms with Crippen LogP contribution < -0.4 is 5.32 Å². The first-order valence-electron chi connectivity index (χ1n) is 5.32. The Hall–Kier alpha value is -0.670. The molecule has 0 bridgehead atoms. The molecule has 1 aliphatic heterocycles. The molecule has 0 aromatic heterocycles. The standard InChI is InChI=1S/C12H17NOS/c1-9-12(7-8-14-9)13-10-3-5-11(15-2)6-4-10/h3-6,9,12-13H,7-8H2,1-2H3/t9-,12-/m0/s1. The van der Waals surface area contributed by atoms with Crippen LogP contribution in [0.5, 0.6) is 0 Å². The number of thioether (sulfide) groups is 1. The second-order valence-electron chi connectivity index (χ2n) is 3.84. The van der Waals surface area contributed by atoms with E-state index in [9.17, 15) is 0 Å². The van der Waals surface area contributed by atoms with E-state index in [0.717, 1.165) is 13.0 Å². The van der Waals surface area contributed by atoms with Crippen LogP contribution in [0, 0.1) is 0 Å². The van der Waals surface area contributed by atoms with Gasteiger partial charge in [-0.1, -0.05) is 0 Å². The highest BCUT2D eigenvalue weighted by molar-refractivity contribution is 7.98. The Kier molecular flexibility index (Phi) is 3.54. The summed E-state index contributed by atoms with van der Waals surface area (Å²) in [5.74, 6) is 0. The highest BCUT2D eigenvalue weighted by Gasteiger charge is 2.23. The monoisotopic (exact) mass is 223 g/mol. The lowest BCUT2D eigenvalue weighted by atomic mass is 10.1. The molecule has 0 aliphatic carbocycles. The molecule has 0 unspecified atom stereocenters. The Morgan fingerprint density at radius 3 is 2.60 bits per heavy atom. The van der Waals surface area contributed by atoms with Gasteiger partial charge < -0.3 is 10.1 Å². The molecule has 1 N–H and O–H groups in total. The minimum absolute atomic E-state index is 0.324. The van der Waals surface area contributed by atoms with E-state index in [1.54, 1.807) is 11.8 Å². The van der Waals surface area contributed by atoms with Crippen molar-refractivity contribution in [3.63, 3.8) is 0 Å². The zero-order chi connectivity index (χ0) is 10.7. The van der Waals surface area contributed by atoms with Gasteiger partial charge in [-0.2, -0.15) is 0 Å². The lowest BCUT2D eigenvalue weighted by Crippen LogP contribution is -2.26. The lowest BCUT2D eigenvalue weighted by molar-refractivity contribution is 0.121. The van der Waals surface area contributed by atoms with E-state index >= 15 is 0 Å². The van der Waals surface area contributed by atoms with Crippen molar-refractivity contribution in [1.82, 2.24) is 0 Å². The highest BCUT2D eigenvalue weighted by Crippen LogP contribution is 2.21. The molecular weight excluding hydrogens is 206 g/mol. The van der Waals surface area contributed by atoms with Crippen LogP contribution in [0.4, 0.5) is 5.69 Å². The summed E-state index contributed by atoms with van der Waals surface area (Å²) in [6.07, 6.45) is 3.52. The second-order valence-corrected chi connectivity index (χ2v) is 4.72. The molecule has 1 aliphatic rings. The summed E-state index contributed by atoms with van der Waals surface area (Å²) in [7, 11) is 0. The zero-order valence-corrected chi connectivity index (χ0v) is 10.0. The second kappa shape index (κ2) is 4.90. The third-order valence-corrected chi connectivity index (χ3v) is 3.56. The number of nitrogens with one attached hydrogen (secondary N) is 1. The van der Waals surface area contributed by atoms with Crippen LogP contribution in [0.1, 0.15) is 13.3 Å². The van der Waals surface area contributed by atoms with Gasteiger partial charge in [0.2, 0.25) is 0 Å². The fourth-order valence-corrected chi connectivity index (χ4v) is 2.23. The van der Waals surface area contributed by atoms with Crippen LogP contribution in [0.3, 0.4) is 0 Å². The molecule has 2 rings (SSSR count). The number of hydrogen-bond donors (Lipinski definition) is 1. The molecule has 0 amide bonds. The molecule has 1 aromatic rings. The van der Waals surface area contributed by atoms with Gasteiger partial charge in [0.05, 0.1) is 12.1 Å². The number of anilines is 1. The van der Waals surface area contributed by atoms with Crippen LogP contribution in [0.15, 0.2) is 29.2 Å². The van der Waals surface area contributed by atoms with Crippen LogP contribution in [-0.4, -0.2) is 25.0 Å². The van der Waals surface area contributed by atoms with Crippen molar-refractivity contribution >= 4 is 17.4 Å². The summed E-state index contributed by atoms with van der Waals surface area (Å²) in [5, 5.41) is 3.51. The van der Waals surface area contributed by atoms with Gasteiger partial charge in [-0.05, 0) is 43.9 Å². The molecule has 0 spiro atoms. The first-order chi connectivity index (χ1) is 7.29. The maximum absolute atomic E-state index is 5.52. The van der Waals surface area contributed by atoms with Crippen LogP contribution >= 0.6 is 11.8 Å². The molecule has 1 aromatic carbocycles. The summed E-state index contributed by atoms with van der Waals surface area (Å²) >= 11 is 1.77. The minimum Gasteiger partial charge on any atom is -0.380 e. The minimum atomic E-state index is 0.324. The van der Waals surface area contributed by atoms with Gasteiger partial charge >= 0.3 is 0 Å². The normalized spacial score (nSPS) is 25.5. The predicted octanol–water partition coefficient (Wildman–Crippen LogP) is 3.00. The summed E-state index contributed by atoms with van der Waals surface area (Å²) in [5.41, 5.74) is 1.19. The van der Waals surface area contributed by atoms with Crippen molar-refractivity contribution in [2.75, 3.05) is 18.2 Å². The summed E-state index contributed by atoms with van der Waals surface area (Å²) in [6, 6.07) is 9.03. The van der Waals surface area contributed by atoms with Gasteiger partial charge in [-0.15, -0.1) is 11.8 Å². The number of benzene rings is 1. The van der Waals surface area contributed by atoms with E-state index in [4.69, 9.17) is 4.74 Å². The van der Waals surface area contributed by atoms with E-state index in [-0.39, 0.29) is 0 Å². The summed E-state index contributed by atoms with van der Waals surface area (Å²) < 4.78 is 5.52. The Labute approximate surface area is 95.4 Å². The molecular formula is C12H17NOS. The maximum Gasteiger partial charge on any atom is 0.0748 e. The first-order valence-corrected chi connectivity index (χ1v) is 6.54. The number of ether oxygens (including phenoxy) is 1. The molecule has 0 saturated carbocycles. The SMILES string of the molecule is CSc1ccc(N[C@H]2CCO[C@H]2C)cc1. The number of hydrogen-bond acceptors (Lipinski definition) is 3. The molecule has 82 valence electrons. The average molecular weight is 223 g/mol. The highest BCUT2D eigenvalue weighted by atomic mass is 32.2. The van der Waals surface area contributed by atoms with Gasteiger partial charge in [0.15, 0.2) is 0 Å². The van der Waals surface area contributed by atoms with Gasteiger partial charge in [0.1, 0.15) is 0 Å². The Morgan fingerprint density at radius 2 is 2.07 bits per heavy atom. The molecule has 2 nitrogen and oxygen atoms in total. The van der Waals surface area contributed by atoms with Crippen molar-refractivity contribution < 1.29 is 4.74 Å². The Morgan fingerprint density at radius 1 is 1.33 bits per heavy atom. The van der Waals surface area contributed by atoms with E-state index in [2.05, 4.69) is 42.8 Å². The Bertz CT molecular complexity index is 312. The Balaban J connectivity index is 1.98. The van der Waals surface area contributed by atoms with E-state index in [1.165, 1.54) is 10.6 Å². The molecule has 1 heterocycles. The summed E-state index contributed by atoms with van der Waals surface area (Å²) in [6.45, 7) is 3.00. The quantitative estimate of drug-likeness (QED) is 0.796. The zero-order valence-electron chi connectivity index (χ0n) is 9.19. The fraction of sp³-hybridized carbons (Fsp3) is 0.500. The van der Waals surface area contributed by atoms with Gasteiger partial charge in [0.25, 0.3) is 0 Å². The largest absolute Gasteiger partial charge is 0.380 e.